The van der Waals surface area contributed by atoms with Gasteiger partial charge in [-0.2, -0.15) is 0 Å². The highest BCUT2D eigenvalue weighted by Crippen LogP contribution is 2.31. The van der Waals surface area contributed by atoms with E-state index >= 15 is 0 Å². The minimum atomic E-state index is -1.35. The van der Waals surface area contributed by atoms with Crippen LogP contribution in [-0.2, 0) is 0 Å². The van der Waals surface area contributed by atoms with E-state index in [0.29, 0.717) is 6.61 Å². The van der Waals surface area contributed by atoms with Gasteiger partial charge in [0, 0.05) is 24.3 Å². The average molecular weight is 271 g/mol. The minimum absolute atomic E-state index is 0.0323. The summed E-state index contributed by atoms with van der Waals surface area (Å²) >= 11 is 0. The Morgan fingerprint density at radius 2 is 2.11 bits per heavy atom. The van der Waals surface area contributed by atoms with Crippen molar-refractivity contribution in [2.75, 3.05) is 13.2 Å². The standard InChI is InChI=1S/C12H17NO6/c1-2-19-11-4-3-8(13(17)18)7-9(11)12(16)10(15)5-6-14/h3-4,7,10,12,14-16H,2,5-6H2,1H3. The first kappa shape index (κ1) is 15.4. The van der Waals surface area contributed by atoms with Crippen LogP contribution in [0.25, 0.3) is 0 Å². The van der Waals surface area contributed by atoms with Gasteiger partial charge in [0.25, 0.3) is 5.69 Å². The zero-order valence-electron chi connectivity index (χ0n) is 10.5. The van der Waals surface area contributed by atoms with Gasteiger partial charge >= 0.3 is 0 Å². The van der Waals surface area contributed by atoms with Crippen molar-refractivity contribution in [3.05, 3.63) is 33.9 Å². The van der Waals surface area contributed by atoms with Gasteiger partial charge in [0.2, 0.25) is 0 Å². The summed E-state index contributed by atoms with van der Waals surface area (Å²) < 4.78 is 5.26. The molecule has 0 fully saturated rings. The number of nitrogens with zero attached hydrogens (tertiary/aromatic N) is 1. The van der Waals surface area contributed by atoms with Crippen LogP contribution < -0.4 is 4.74 Å². The predicted molar refractivity (Wildman–Crippen MR) is 66.9 cm³/mol. The molecule has 7 nitrogen and oxygen atoms in total. The van der Waals surface area contributed by atoms with Gasteiger partial charge in [-0.25, -0.2) is 0 Å². The van der Waals surface area contributed by atoms with Crippen molar-refractivity contribution in [3.63, 3.8) is 0 Å². The Labute approximate surface area is 110 Å². The Kier molecular flexibility index (Phi) is 5.68. The molecule has 0 radical (unpaired) electrons. The summed E-state index contributed by atoms with van der Waals surface area (Å²) in [5.74, 6) is 0.276. The van der Waals surface area contributed by atoms with Crippen molar-refractivity contribution in [3.8, 4) is 5.75 Å². The number of hydrogen-bond donors (Lipinski definition) is 3. The summed E-state index contributed by atoms with van der Waals surface area (Å²) in [5.41, 5.74) is -0.0642. The van der Waals surface area contributed by atoms with E-state index in [0.717, 1.165) is 6.07 Å². The third-order valence-electron chi connectivity index (χ3n) is 2.61. The van der Waals surface area contributed by atoms with E-state index in [1.165, 1.54) is 12.1 Å². The number of non-ortho nitro benzene ring substituents is 1. The quantitative estimate of drug-likeness (QED) is 0.498. The first-order chi connectivity index (χ1) is 9.01. The van der Waals surface area contributed by atoms with E-state index in [-0.39, 0.29) is 30.0 Å². The van der Waals surface area contributed by atoms with E-state index < -0.39 is 17.1 Å². The van der Waals surface area contributed by atoms with E-state index in [1.807, 2.05) is 0 Å². The van der Waals surface area contributed by atoms with Crippen molar-refractivity contribution in [2.45, 2.75) is 25.6 Å². The molecule has 0 aliphatic heterocycles. The lowest BCUT2D eigenvalue weighted by atomic mass is 10.0. The first-order valence-electron chi connectivity index (χ1n) is 5.89. The molecular formula is C12H17NO6. The Balaban J connectivity index is 3.12. The van der Waals surface area contributed by atoms with Crippen LogP contribution in [0.4, 0.5) is 5.69 Å². The van der Waals surface area contributed by atoms with Gasteiger partial charge in [-0.05, 0) is 19.4 Å². The zero-order chi connectivity index (χ0) is 14.4. The second kappa shape index (κ2) is 7.03. The Morgan fingerprint density at radius 1 is 1.42 bits per heavy atom. The highest BCUT2D eigenvalue weighted by Gasteiger charge is 2.24. The van der Waals surface area contributed by atoms with E-state index in [4.69, 9.17) is 9.84 Å². The van der Waals surface area contributed by atoms with Gasteiger partial charge in [0.15, 0.2) is 0 Å². The van der Waals surface area contributed by atoms with Crippen LogP contribution in [0.3, 0.4) is 0 Å². The normalized spacial score (nSPS) is 13.9. The number of aliphatic hydroxyl groups excluding tert-OH is 3. The van der Waals surface area contributed by atoms with E-state index in [2.05, 4.69) is 0 Å². The lowest BCUT2D eigenvalue weighted by Gasteiger charge is -2.19. The van der Waals surface area contributed by atoms with Crippen molar-refractivity contribution in [2.24, 2.45) is 0 Å². The molecule has 0 amide bonds. The van der Waals surface area contributed by atoms with Crippen molar-refractivity contribution >= 4 is 5.69 Å². The number of ether oxygens (including phenoxy) is 1. The molecule has 3 N–H and O–H groups in total. The monoisotopic (exact) mass is 271 g/mol. The molecule has 0 aliphatic carbocycles. The van der Waals surface area contributed by atoms with Gasteiger partial charge in [0.05, 0.1) is 17.6 Å². The summed E-state index contributed by atoms with van der Waals surface area (Å²) in [6.45, 7) is 1.77. The molecule has 2 unspecified atom stereocenters. The molecule has 0 saturated heterocycles. The number of nitro benzene ring substituents is 1. The second-order valence-corrected chi connectivity index (χ2v) is 3.94. The molecule has 0 saturated carbocycles. The molecule has 106 valence electrons. The second-order valence-electron chi connectivity index (χ2n) is 3.94. The topological polar surface area (TPSA) is 113 Å². The fraction of sp³-hybridized carbons (Fsp3) is 0.500. The van der Waals surface area contributed by atoms with Crippen molar-refractivity contribution < 1.29 is 25.0 Å². The van der Waals surface area contributed by atoms with Crippen LogP contribution in [0.5, 0.6) is 5.75 Å². The number of nitro groups is 1. The van der Waals surface area contributed by atoms with Crippen LogP contribution in [-0.4, -0.2) is 39.6 Å². The molecule has 2 atom stereocenters. The molecule has 0 aliphatic rings. The zero-order valence-corrected chi connectivity index (χ0v) is 10.5. The maximum absolute atomic E-state index is 10.7. The molecule has 0 spiro atoms. The number of rotatable bonds is 7. The van der Waals surface area contributed by atoms with Crippen molar-refractivity contribution in [1.29, 1.82) is 0 Å². The third-order valence-corrected chi connectivity index (χ3v) is 2.61. The molecule has 0 bridgehead atoms. The Hall–Kier alpha value is -1.70. The highest BCUT2D eigenvalue weighted by atomic mass is 16.6. The molecule has 0 heterocycles. The Morgan fingerprint density at radius 3 is 2.63 bits per heavy atom. The SMILES string of the molecule is CCOc1ccc([N+](=O)[O-])cc1C(O)C(O)CCO. The van der Waals surface area contributed by atoms with Crippen molar-refractivity contribution in [1.82, 2.24) is 0 Å². The summed E-state index contributed by atoms with van der Waals surface area (Å²) in [6.07, 6.45) is -2.60. The number of hydrogen-bond acceptors (Lipinski definition) is 6. The van der Waals surface area contributed by atoms with Gasteiger partial charge in [-0.1, -0.05) is 0 Å². The molecule has 0 aromatic heterocycles. The third kappa shape index (κ3) is 3.88. The number of benzene rings is 1. The minimum Gasteiger partial charge on any atom is -0.493 e. The van der Waals surface area contributed by atoms with Crippen LogP contribution in [0.15, 0.2) is 18.2 Å². The highest BCUT2D eigenvalue weighted by molar-refractivity contribution is 5.45. The lowest BCUT2D eigenvalue weighted by molar-refractivity contribution is -0.385. The maximum Gasteiger partial charge on any atom is 0.270 e. The molecule has 19 heavy (non-hydrogen) atoms. The Bertz CT molecular complexity index is 436. The van der Waals surface area contributed by atoms with Gasteiger partial charge in [-0.3, -0.25) is 10.1 Å². The summed E-state index contributed by atoms with van der Waals surface area (Å²) in [4.78, 5) is 10.1. The maximum atomic E-state index is 10.7. The smallest absolute Gasteiger partial charge is 0.270 e. The predicted octanol–water partition coefficient (Wildman–Crippen LogP) is 0.770. The van der Waals surface area contributed by atoms with Crippen LogP contribution in [0, 0.1) is 10.1 Å². The summed E-state index contributed by atoms with van der Waals surface area (Å²) in [6, 6.07) is 3.81. The van der Waals surface area contributed by atoms with E-state index in [1.54, 1.807) is 6.92 Å². The molecule has 1 rings (SSSR count). The largest absolute Gasteiger partial charge is 0.493 e. The van der Waals surface area contributed by atoms with E-state index in [9.17, 15) is 20.3 Å². The molecular weight excluding hydrogens is 254 g/mol. The summed E-state index contributed by atoms with van der Waals surface area (Å²) in [7, 11) is 0. The fourth-order valence-corrected chi connectivity index (χ4v) is 1.66. The first-order valence-corrected chi connectivity index (χ1v) is 5.89. The number of aliphatic hydroxyl groups is 3. The summed E-state index contributed by atoms with van der Waals surface area (Å²) in [5, 5.41) is 39.1. The fourth-order valence-electron chi connectivity index (χ4n) is 1.66. The molecule has 1 aromatic carbocycles. The van der Waals surface area contributed by atoms with Crippen LogP contribution in [0.1, 0.15) is 25.0 Å². The molecule has 1 aromatic rings. The van der Waals surface area contributed by atoms with Gasteiger partial charge in [-0.15, -0.1) is 0 Å². The van der Waals surface area contributed by atoms with Crippen LogP contribution in [0.2, 0.25) is 0 Å². The molecule has 7 heteroatoms. The van der Waals surface area contributed by atoms with Gasteiger partial charge in [0.1, 0.15) is 11.9 Å². The van der Waals surface area contributed by atoms with Gasteiger partial charge < -0.3 is 20.1 Å². The average Bonchev–Trinajstić information content (AvgIpc) is 2.38. The lowest BCUT2D eigenvalue weighted by Crippen LogP contribution is -2.20. The van der Waals surface area contributed by atoms with Crippen LogP contribution >= 0.6 is 0 Å².